The minimum Gasteiger partial charge on any atom is -0.473 e. The maximum atomic E-state index is 6.31. The van der Waals surface area contributed by atoms with Crippen LogP contribution in [0.5, 0.6) is 0 Å². The van der Waals surface area contributed by atoms with E-state index in [0.29, 0.717) is 6.04 Å². The Kier molecular flexibility index (Phi) is 4.41. The summed E-state index contributed by atoms with van der Waals surface area (Å²) in [6.45, 7) is 15.5. The molecule has 2 unspecified atom stereocenters. The number of hydrogen-bond donors (Lipinski definition) is 1. The lowest BCUT2D eigenvalue weighted by atomic mass is 9.88. The smallest absolute Gasteiger partial charge is 0.258 e. The summed E-state index contributed by atoms with van der Waals surface area (Å²) >= 11 is 0. The molecule has 5 nitrogen and oxygen atoms in total. The third-order valence-corrected chi connectivity index (χ3v) is 5.09. The zero-order chi connectivity index (χ0) is 15.1. The van der Waals surface area contributed by atoms with Crippen molar-refractivity contribution in [2.45, 2.75) is 47.6 Å². The normalized spacial score (nSPS) is 28.0. The van der Waals surface area contributed by atoms with Gasteiger partial charge in [0.1, 0.15) is 13.2 Å². The Balaban J connectivity index is 0.000000328. The van der Waals surface area contributed by atoms with Crippen molar-refractivity contribution in [1.29, 1.82) is 0 Å². The van der Waals surface area contributed by atoms with Crippen molar-refractivity contribution < 1.29 is 9.47 Å². The molecule has 2 N–H and O–H groups in total. The van der Waals surface area contributed by atoms with Crippen LogP contribution in [0.1, 0.15) is 41.5 Å². The number of rotatable bonds is 0. The Labute approximate surface area is 124 Å². The van der Waals surface area contributed by atoms with E-state index >= 15 is 0 Å². The molecule has 2 saturated heterocycles. The summed E-state index contributed by atoms with van der Waals surface area (Å²) in [5, 5.41) is 0. The van der Waals surface area contributed by atoms with E-state index in [1.54, 1.807) is 0 Å². The molecule has 0 spiro atoms. The summed E-state index contributed by atoms with van der Waals surface area (Å²) in [6.07, 6.45) is 0. The van der Waals surface area contributed by atoms with Crippen LogP contribution >= 0.6 is 8.37 Å². The van der Waals surface area contributed by atoms with Crippen molar-refractivity contribution in [2.75, 3.05) is 19.8 Å². The quantitative estimate of drug-likeness (QED) is 0.697. The van der Waals surface area contributed by atoms with E-state index in [0.717, 1.165) is 37.4 Å². The zero-order valence-corrected chi connectivity index (χ0v) is 14.4. The minimum absolute atomic E-state index is 0.169. The molecule has 0 aromatic heterocycles. The highest BCUT2D eigenvalue weighted by Crippen LogP contribution is 2.57. The van der Waals surface area contributed by atoms with Gasteiger partial charge >= 0.3 is 0 Å². The van der Waals surface area contributed by atoms with Crippen LogP contribution in [0, 0.1) is 11.3 Å². The van der Waals surface area contributed by atoms with E-state index in [2.05, 4.69) is 50.9 Å². The monoisotopic (exact) mass is 301 g/mol. The Bertz CT molecular complexity index is 390. The van der Waals surface area contributed by atoms with E-state index in [1.807, 2.05) is 0 Å². The van der Waals surface area contributed by atoms with Gasteiger partial charge in [0.2, 0.25) is 0 Å². The second-order valence-corrected chi connectivity index (χ2v) is 8.73. The van der Waals surface area contributed by atoms with Gasteiger partial charge in [-0.1, -0.05) is 41.5 Å². The highest BCUT2D eigenvalue weighted by molar-refractivity contribution is 7.50. The van der Waals surface area contributed by atoms with Crippen molar-refractivity contribution in [1.82, 2.24) is 9.34 Å². The van der Waals surface area contributed by atoms with Gasteiger partial charge in [0, 0.05) is 0 Å². The summed E-state index contributed by atoms with van der Waals surface area (Å²) in [4.78, 5) is 0. The first-order chi connectivity index (χ1) is 9.23. The van der Waals surface area contributed by atoms with Gasteiger partial charge in [-0.15, -0.1) is 0 Å². The highest BCUT2D eigenvalue weighted by atomic mass is 31.1. The third-order valence-electron chi connectivity index (χ3n) is 3.31. The van der Waals surface area contributed by atoms with Gasteiger partial charge in [0.05, 0.1) is 12.6 Å². The molecule has 6 heteroatoms. The van der Waals surface area contributed by atoms with Gasteiger partial charge in [-0.2, -0.15) is 0 Å². The van der Waals surface area contributed by atoms with Crippen molar-refractivity contribution in [3.05, 3.63) is 11.8 Å². The molecule has 0 aliphatic carbocycles. The van der Waals surface area contributed by atoms with Crippen LogP contribution in [0.2, 0.25) is 0 Å². The molecule has 116 valence electrons. The standard InChI is InChI=1S/C10H18N3O2P.C4H10/c1-10(2,3)7-6-15-9-8-12(4-5-14-8)16(11)13(7)9;1-4(2)3/h7H,4-6,11H2,1-3H3;4H,1-3H3. The molecule has 0 amide bonds. The maximum absolute atomic E-state index is 6.31. The largest absolute Gasteiger partial charge is 0.473 e. The van der Waals surface area contributed by atoms with Crippen LogP contribution < -0.4 is 5.50 Å². The number of nitrogens with two attached hydrogens (primary N) is 1. The summed E-state index contributed by atoms with van der Waals surface area (Å²) in [6, 6.07) is 0.348. The zero-order valence-electron chi connectivity index (χ0n) is 13.5. The number of fused-ring (bicyclic) bond motifs is 2. The van der Waals surface area contributed by atoms with E-state index in [1.165, 1.54) is 0 Å². The predicted octanol–water partition coefficient (Wildman–Crippen LogP) is 3.05. The molecule has 2 atom stereocenters. The maximum Gasteiger partial charge on any atom is 0.258 e. The Morgan fingerprint density at radius 1 is 1.20 bits per heavy atom. The molecular formula is C14H28N3O2P. The molecule has 3 aliphatic heterocycles. The number of nitrogens with zero attached hydrogens (tertiary/aromatic N) is 2. The molecule has 3 heterocycles. The van der Waals surface area contributed by atoms with Gasteiger partial charge in [0.25, 0.3) is 11.8 Å². The van der Waals surface area contributed by atoms with Crippen molar-refractivity contribution in [3.63, 3.8) is 0 Å². The first-order valence-electron chi connectivity index (χ1n) is 7.34. The van der Waals surface area contributed by atoms with Crippen LogP contribution in [-0.4, -0.2) is 35.1 Å². The van der Waals surface area contributed by atoms with Gasteiger partial charge in [-0.25, -0.2) is 0 Å². The molecule has 0 radical (unpaired) electrons. The SMILES string of the molecule is CC(C)(C)C1COC2=C3OCCN3P(N)N21.CC(C)C. The Morgan fingerprint density at radius 3 is 2.35 bits per heavy atom. The lowest BCUT2D eigenvalue weighted by Gasteiger charge is -2.35. The molecule has 3 rings (SSSR count). The van der Waals surface area contributed by atoms with E-state index < -0.39 is 8.37 Å². The van der Waals surface area contributed by atoms with Crippen LogP contribution in [-0.2, 0) is 9.47 Å². The summed E-state index contributed by atoms with van der Waals surface area (Å²) < 4.78 is 15.7. The van der Waals surface area contributed by atoms with E-state index in [9.17, 15) is 0 Å². The van der Waals surface area contributed by atoms with E-state index in [-0.39, 0.29) is 5.41 Å². The second-order valence-electron chi connectivity index (χ2n) is 7.17. The van der Waals surface area contributed by atoms with Crippen molar-refractivity contribution in [3.8, 4) is 0 Å². The Hall–Kier alpha value is -0.670. The first-order valence-corrected chi connectivity index (χ1v) is 8.66. The van der Waals surface area contributed by atoms with Crippen LogP contribution in [0.25, 0.3) is 0 Å². The molecule has 0 bridgehead atoms. The second kappa shape index (κ2) is 5.61. The van der Waals surface area contributed by atoms with Gasteiger partial charge in [-0.3, -0.25) is 14.8 Å². The summed E-state index contributed by atoms with van der Waals surface area (Å²) in [5.74, 6) is 2.56. The van der Waals surface area contributed by atoms with Crippen molar-refractivity contribution >= 4 is 8.37 Å². The lowest BCUT2D eigenvalue weighted by molar-refractivity contribution is 0.182. The molecule has 20 heavy (non-hydrogen) atoms. The highest BCUT2D eigenvalue weighted by Gasteiger charge is 2.52. The Morgan fingerprint density at radius 2 is 1.80 bits per heavy atom. The predicted molar refractivity (Wildman–Crippen MR) is 82.3 cm³/mol. The van der Waals surface area contributed by atoms with Crippen molar-refractivity contribution in [2.24, 2.45) is 16.8 Å². The minimum atomic E-state index is -0.807. The number of ether oxygens (including phenoxy) is 2. The summed E-state index contributed by atoms with van der Waals surface area (Å²) in [5.41, 5.74) is 6.48. The molecule has 2 fully saturated rings. The first kappa shape index (κ1) is 15.7. The molecule has 0 aromatic rings. The average Bonchev–Trinajstić information content (AvgIpc) is 2.95. The van der Waals surface area contributed by atoms with Crippen LogP contribution in [0.15, 0.2) is 11.8 Å². The average molecular weight is 301 g/mol. The lowest BCUT2D eigenvalue weighted by Crippen LogP contribution is -2.39. The fourth-order valence-electron chi connectivity index (χ4n) is 2.34. The number of hydrogen-bond acceptors (Lipinski definition) is 5. The fraction of sp³-hybridized carbons (Fsp3) is 0.857. The molecule has 0 saturated carbocycles. The van der Waals surface area contributed by atoms with Crippen LogP contribution in [0.4, 0.5) is 0 Å². The summed E-state index contributed by atoms with van der Waals surface area (Å²) in [7, 11) is -0.807. The molecule has 0 aromatic carbocycles. The van der Waals surface area contributed by atoms with Gasteiger partial charge in [-0.05, 0) is 11.3 Å². The molecular weight excluding hydrogens is 273 g/mol. The topological polar surface area (TPSA) is 51.0 Å². The van der Waals surface area contributed by atoms with E-state index in [4.69, 9.17) is 15.0 Å². The van der Waals surface area contributed by atoms with Gasteiger partial charge < -0.3 is 9.47 Å². The molecule has 3 aliphatic rings. The van der Waals surface area contributed by atoms with Gasteiger partial charge in [0.15, 0.2) is 8.37 Å². The third kappa shape index (κ3) is 2.84. The van der Waals surface area contributed by atoms with Crippen LogP contribution in [0.3, 0.4) is 0 Å². The fourth-order valence-corrected chi connectivity index (χ4v) is 4.21.